The van der Waals surface area contributed by atoms with E-state index >= 15 is 0 Å². The van der Waals surface area contributed by atoms with Gasteiger partial charge < -0.3 is 20.1 Å². The third-order valence-electron chi connectivity index (χ3n) is 3.20. The van der Waals surface area contributed by atoms with Gasteiger partial charge in [-0.25, -0.2) is 13.6 Å². The summed E-state index contributed by atoms with van der Waals surface area (Å²) < 4.78 is 31.6. The molecule has 1 aliphatic rings. The Labute approximate surface area is 127 Å². The molecule has 0 spiro atoms. The molecule has 0 aliphatic carbocycles. The van der Waals surface area contributed by atoms with Crippen LogP contribution in [0.4, 0.5) is 13.6 Å². The molecule has 1 saturated heterocycles. The van der Waals surface area contributed by atoms with Crippen molar-refractivity contribution in [1.29, 1.82) is 0 Å². The fraction of sp³-hybridized carbons (Fsp3) is 0.533. The topological polar surface area (TPSA) is 61.8 Å². The van der Waals surface area contributed by atoms with Gasteiger partial charge in [0.15, 0.2) is 17.4 Å². The molecule has 0 aromatic heterocycles. The summed E-state index contributed by atoms with van der Waals surface area (Å²) in [5, 5.41) is 12.1. The van der Waals surface area contributed by atoms with Crippen molar-refractivity contribution in [1.82, 2.24) is 10.2 Å². The Balaban J connectivity index is 1.78. The van der Waals surface area contributed by atoms with E-state index in [1.807, 2.05) is 0 Å². The molecule has 0 saturated carbocycles. The largest absolute Gasteiger partial charge is 0.503 e. The van der Waals surface area contributed by atoms with Crippen LogP contribution in [0.3, 0.4) is 0 Å². The van der Waals surface area contributed by atoms with E-state index in [9.17, 15) is 13.6 Å². The first-order valence-corrected chi connectivity index (χ1v) is 7.04. The summed E-state index contributed by atoms with van der Waals surface area (Å²) in [6.45, 7) is 6.62. The molecule has 1 aliphatic heterocycles. The van der Waals surface area contributed by atoms with E-state index in [1.54, 1.807) is 25.7 Å². The van der Waals surface area contributed by atoms with E-state index in [0.717, 1.165) is 12.1 Å². The summed E-state index contributed by atoms with van der Waals surface area (Å²) in [6, 6.07) is 2.21. The Hall–Kier alpha value is -1.89. The zero-order valence-electron chi connectivity index (χ0n) is 12.8. The predicted molar refractivity (Wildman–Crippen MR) is 76.5 cm³/mol. The summed E-state index contributed by atoms with van der Waals surface area (Å²) in [5.41, 5.74) is -0.139. The minimum Gasteiger partial charge on any atom is -0.503 e. The van der Waals surface area contributed by atoms with E-state index in [2.05, 4.69) is 5.32 Å². The molecule has 1 fully saturated rings. The van der Waals surface area contributed by atoms with Gasteiger partial charge in [-0.3, -0.25) is 0 Å². The van der Waals surface area contributed by atoms with Gasteiger partial charge in [0, 0.05) is 25.7 Å². The lowest BCUT2D eigenvalue weighted by Crippen LogP contribution is -2.60. The fourth-order valence-corrected chi connectivity index (χ4v) is 2.07. The number of carbonyl (C=O) groups is 1. The van der Waals surface area contributed by atoms with Crippen LogP contribution >= 0.6 is 0 Å². The van der Waals surface area contributed by atoms with Crippen molar-refractivity contribution >= 4 is 6.09 Å². The van der Waals surface area contributed by atoms with Crippen LogP contribution in [0.25, 0.3) is 0 Å². The standard InChI is InChI=1S/C15H20F2N2O3/c1-15(2,3)22-14(21)19-7-10(8-19)18-6-9-4-11(16)13(20)12(17)5-9/h4-5,10,18,20H,6-8H2,1-3H3. The summed E-state index contributed by atoms with van der Waals surface area (Å²) in [6.07, 6.45) is -0.368. The molecule has 1 aromatic carbocycles. The van der Waals surface area contributed by atoms with Crippen LogP contribution in [0.2, 0.25) is 0 Å². The smallest absolute Gasteiger partial charge is 0.410 e. The molecule has 0 unspecified atom stereocenters. The van der Waals surface area contributed by atoms with E-state index < -0.39 is 23.0 Å². The number of benzene rings is 1. The van der Waals surface area contributed by atoms with Crippen LogP contribution in [0.5, 0.6) is 5.75 Å². The number of hydrogen-bond acceptors (Lipinski definition) is 4. The highest BCUT2D eigenvalue weighted by Crippen LogP contribution is 2.22. The van der Waals surface area contributed by atoms with Gasteiger partial charge in [-0.2, -0.15) is 0 Å². The highest BCUT2D eigenvalue weighted by molar-refractivity contribution is 5.69. The number of rotatable bonds is 3. The molecule has 5 nitrogen and oxygen atoms in total. The second-order valence-electron chi connectivity index (χ2n) is 6.37. The van der Waals surface area contributed by atoms with E-state index in [4.69, 9.17) is 9.84 Å². The van der Waals surface area contributed by atoms with Gasteiger partial charge in [-0.15, -0.1) is 0 Å². The molecule has 22 heavy (non-hydrogen) atoms. The van der Waals surface area contributed by atoms with E-state index in [-0.39, 0.29) is 18.7 Å². The van der Waals surface area contributed by atoms with Crippen molar-refractivity contribution in [2.45, 2.75) is 39.0 Å². The number of phenols is 1. The van der Waals surface area contributed by atoms with Gasteiger partial charge in [0.05, 0.1) is 0 Å². The molecule has 1 amide bonds. The first-order chi connectivity index (χ1) is 10.2. The quantitative estimate of drug-likeness (QED) is 0.899. The van der Waals surface area contributed by atoms with Crippen LogP contribution in [0.15, 0.2) is 12.1 Å². The van der Waals surface area contributed by atoms with Crippen molar-refractivity contribution < 1.29 is 23.4 Å². The summed E-state index contributed by atoms with van der Waals surface area (Å²) in [7, 11) is 0. The fourth-order valence-electron chi connectivity index (χ4n) is 2.07. The number of likely N-dealkylation sites (tertiary alicyclic amines) is 1. The number of phenolic OH excluding ortho intramolecular Hbond substituents is 1. The molecule has 122 valence electrons. The Morgan fingerprint density at radius 1 is 1.36 bits per heavy atom. The lowest BCUT2D eigenvalue weighted by molar-refractivity contribution is 0.00518. The van der Waals surface area contributed by atoms with E-state index in [0.29, 0.717) is 18.7 Å². The number of halogens is 2. The molecule has 0 bridgehead atoms. The van der Waals surface area contributed by atoms with Crippen molar-refractivity contribution in [2.75, 3.05) is 13.1 Å². The normalized spacial score (nSPS) is 15.6. The number of ether oxygens (including phenoxy) is 1. The lowest BCUT2D eigenvalue weighted by Gasteiger charge is -2.40. The maximum Gasteiger partial charge on any atom is 0.410 e. The number of amides is 1. The first kappa shape index (κ1) is 16.5. The number of nitrogens with one attached hydrogen (secondary N) is 1. The van der Waals surface area contributed by atoms with Crippen LogP contribution < -0.4 is 5.32 Å². The van der Waals surface area contributed by atoms with Gasteiger partial charge in [-0.05, 0) is 38.5 Å². The number of carbonyl (C=O) groups excluding carboxylic acids is 1. The highest BCUT2D eigenvalue weighted by atomic mass is 19.1. The van der Waals surface area contributed by atoms with Gasteiger partial charge in [0.25, 0.3) is 0 Å². The molecule has 1 aromatic rings. The van der Waals surface area contributed by atoms with Crippen LogP contribution in [-0.2, 0) is 11.3 Å². The molecule has 7 heteroatoms. The lowest BCUT2D eigenvalue weighted by atomic mass is 10.1. The number of nitrogens with zero attached hydrogens (tertiary/aromatic N) is 1. The van der Waals surface area contributed by atoms with Crippen molar-refractivity contribution in [3.8, 4) is 5.75 Å². The second kappa shape index (κ2) is 6.08. The van der Waals surface area contributed by atoms with Crippen LogP contribution in [0, 0.1) is 11.6 Å². The highest BCUT2D eigenvalue weighted by Gasteiger charge is 2.33. The summed E-state index contributed by atoms with van der Waals surface area (Å²) in [4.78, 5) is 13.3. The average molecular weight is 314 g/mol. The van der Waals surface area contributed by atoms with Gasteiger partial charge in [-0.1, -0.05) is 0 Å². The van der Waals surface area contributed by atoms with Gasteiger partial charge in [0.1, 0.15) is 5.60 Å². The van der Waals surface area contributed by atoms with E-state index in [1.165, 1.54) is 0 Å². The maximum atomic E-state index is 13.2. The SMILES string of the molecule is CC(C)(C)OC(=O)N1CC(NCc2cc(F)c(O)c(F)c2)C1. The minimum atomic E-state index is -0.985. The Morgan fingerprint density at radius 3 is 2.41 bits per heavy atom. The Morgan fingerprint density at radius 2 is 1.91 bits per heavy atom. The molecule has 2 rings (SSSR count). The van der Waals surface area contributed by atoms with Crippen molar-refractivity contribution in [3.63, 3.8) is 0 Å². The second-order valence-corrected chi connectivity index (χ2v) is 6.37. The molecule has 0 atom stereocenters. The van der Waals surface area contributed by atoms with Gasteiger partial charge in [0.2, 0.25) is 0 Å². The third kappa shape index (κ3) is 4.07. The van der Waals surface area contributed by atoms with Gasteiger partial charge >= 0.3 is 6.09 Å². The zero-order valence-corrected chi connectivity index (χ0v) is 12.8. The molecular formula is C15H20F2N2O3. The maximum absolute atomic E-state index is 13.2. The monoisotopic (exact) mass is 314 g/mol. The number of hydrogen-bond donors (Lipinski definition) is 2. The summed E-state index contributed by atoms with van der Waals surface area (Å²) >= 11 is 0. The van der Waals surface area contributed by atoms with Crippen molar-refractivity contribution in [3.05, 3.63) is 29.3 Å². The molecular weight excluding hydrogens is 294 g/mol. The summed E-state index contributed by atoms with van der Waals surface area (Å²) in [5.74, 6) is -2.94. The Kier molecular flexibility index (Phi) is 4.55. The Bertz CT molecular complexity index is 543. The third-order valence-corrected chi connectivity index (χ3v) is 3.20. The predicted octanol–water partition coefficient (Wildman–Crippen LogP) is 2.38. The van der Waals surface area contributed by atoms with Crippen LogP contribution in [0.1, 0.15) is 26.3 Å². The first-order valence-electron chi connectivity index (χ1n) is 7.04. The zero-order chi connectivity index (χ0) is 16.5. The average Bonchev–Trinajstić information content (AvgIpc) is 2.31. The number of aromatic hydroxyl groups is 1. The van der Waals surface area contributed by atoms with Crippen LogP contribution in [-0.4, -0.2) is 40.8 Å². The molecule has 1 heterocycles. The molecule has 2 N–H and O–H groups in total. The molecule has 0 radical (unpaired) electrons. The minimum absolute atomic E-state index is 0.0486. The van der Waals surface area contributed by atoms with Crippen molar-refractivity contribution in [2.24, 2.45) is 0 Å².